The Hall–Kier alpha value is -2.66. The molecule has 2 aromatic carbocycles. The van der Waals surface area contributed by atoms with Crippen molar-refractivity contribution in [2.45, 2.75) is 27.2 Å². The molecule has 0 spiro atoms. The number of rotatable bonds is 5. The minimum Gasteiger partial charge on any atom is -0.336 e. The summed E-state index contributed by atoms with van der Waals surface area (Å²) in [5.74, 6) is 0.0684. The molecule has 1 aliphatic heterocycles. The van der Waals surface area contributed by atoms with E-state index in [4.69, 9.17) is 0 Å². The summed E-state index contributed by atoms with van der Waals surface area (Å²) >= 11 is 0. The zero-order chi connectivity index (χ0) is 20.1. The molecule has 5 heteroatoms. The summed E-state index contributed by atoms with van der Waals surface area (Å²) in [6.07, 6.45) is 0.885. The molecule has 1 aliphatic rings. The lowest BCUT2D eigenvalue weighted by molar-refractivity contribution is -0.117. The Morgan fingerprint density at radius 2 is 1.68 bits per heavy atom. The van der Waals surface area contributed by atoms with E-state index in [1.54, 1.807) is 0 Å². The van der Waals surface area contributed by atoms with Crippen molar-refractivity contribution in [2.75, 3.05) is 38.0 Å². The van der Waals surface area contributed by atoms with Crippen molar-refractivity contribution in [1.82, 2.24) is 9.80 Å². The predicted octanol–water partition coefficient (Wildman–Crippen LogP) is 3.26. The molecule has 1 saturated heterocycles. The number of piperazine rings is 1. The monoisotopic (exact) mass is 379 g/mol. The highest BCUT2D eigenvalue weighted by Crippen LogP contribution is 2.16. The second kappa shape index (κ2) is 9.02. The summed E-state index contributed by atoms with van der Waals surface area (Å²) in [6, 6.07) is 13.8. The van der Waals surface area contributed by atoms with Gasteiger partial charge in [0.15, 0.2) is 0 Å². The van der Waals surface area contributed by atoms with Crippen LogP contribution < -0.4 is 5.32 Å². The minimum absolute atomic E-state index is 0.00478. The third kappa shape index (κ3) is 4.78. The fourth-order valence-corrected chi connectivity index (χ4v) is 3.51. The molecule has 1 N–H and O–H groups in total. The van der Waals surface area contributed by atoms with Crippen LogP contribution in [0.25, 0.3) is 0 Å². The SMILES string of the molecule is CCc1ccccc1NC(=O)CN1CCN(C(=O)c2ccc(C)c(C)c2)CC1. The summed E-state index contributed by atoms with van der Waals surface area (Å²) < 4.78 is 0. The molecular weight excluding hydrogens is 350 g/mol. The Morgan fingerprint density at radius 1 is 0.964 bits per heavy atom. The van der Waals surface area contributed by atoms with Gasteiger partial charge in [0.05, 0.1) is 6.54 Å². The third-order valence-corrected chi connectivity index (χ3v) is 5.45. The van der Waals surface area contributed by atoms with Crippen LogP contribution in [0.2, 0.25) is 0 Å². The molecule has 1 fully saturated rings. The van der Waals surface area contributed by atoms with E-state index in [9.17, 15) is 9.59 Å². The number of amides is 2. The number of para-hydroxylation sites is 1. The van der Waals surface area contributed by atoms with E-state index < -0.39 is 0 Å². The van der Waals surface area contributed by atoms with E-state index in [1.165, 1.54) is 5.56 Å². The van der Waals surface area contributed by atoms with E-state index in [0.29, 0.717) is 32.7 Å². The molecule has 28 heavy (non-hydrogen) atoms. The summed E-state index contributed by atoms with van der Waals surface area (Å²) in [4.78, 5) is 29.1. The van der Waals surface area contributed by atoms with Gasteiger partial charge in [-0.15, -0.1) is 0 Å². The highest BCUT2D eigenvalue weighted by atomic mass is 16.2. The molecule has 0 saturated carbocycles. The molecular formula is C23H29N3O2. The molecule has 3 rings (SSSR count). The van der Waals surface area contributed by atoms with E-state index in [2.05, 4.69) is 17.1 Å². The minimum atomic E-state index is -0.00478. The fourth-order valence-electron chi connectivity index (χ4n) is 3.51. The number of benzene rings is 2. The Kier molecular flexibility index (Phi) is 6.47. The Balaban J connectivity index is 1.51. The van der Waals surface area contributed by atoms with Crippen molar-refractivity contribution in [2.24, 2.45) is 0 Å². The van der Waals surface area contributed by atoms with Crippen molar-refractivity contribution in [1.29, 1.82) is 0 Å². The highest BCUT2D eigenvalue weighted by molar-refractivity contribution is 5.95. The van der Waals surface area contributed by atoms with Gasteiger partial charge in [0, 0.05) is 37.4 Å². The van der Waals surface area contributed by atoms with Crippen molar-refractivity contribution in [3.8, 4) is 0 Å². The Morgan fingerprint density at radius 3 is 2.36 bits per heavy atom. The van der Waals surface area contributed by atoms with Crippen molar-refractivity contribution >= 4 is 17.5 Å². The lowest BCUT2D eigenvalue weighted by atomic mass is 10.1. The van der Waals surface area contributed by atoms with Crippen LogP contribution in [0, 0.1) is 13.8 Å². The van der Waals surface area contributed by atoms with Crippen LogP contribution in [-0.4, -0.2) is 54.3 Å². The summed E-state index contributed by atoms with van der Waals surface area (Å²) in [5.41, 5.74) is 5.09. The Labute approximate surface area is 167 Å². The van der Waals surface area contributed by atoms with E-state index in [-0.39, 0.29) is 11.8 Å². The van der Waals surface area contributed by atoms with Crippen LogP contribution in [-0.2, 0) is 11.2 Å². The van der Waals surface area contributed by atoms with Crippen molar-refractivity contribution < 1.29 is 9.59 Å². The maximum Gasteiger partial charge on any atom is 0.253 e. The van der Waals surface area contributed by atoms with Gasteiger partial charge in [-0.25, -0.2) is 0 Å². The molecule has 2 aromatic rings. The first-order valence-corrected chi connectivity index (χ1v) is 9.94. The van der Waals surface area contributed by atoms with Gasteiger partial charge in [-0.3, -0.25) is 14.5 Å². The second-order valence-electron chi connectivity index (χ2n) is 7.43. The van der Waals surface area contributed by atoms with E-state index >= 15 is 0 Å². The molecule has 0 bridgehead atoms. The van der Waals surface area contributed by atoms with Gasteiger partial charge in [0.2, 0.25) is 5.91 Å². The largest absolute Gasteiger partial charge is 0.336 e. The molecule has 0 unspecified atom stereocenters. The van der Waals surface area contributed by atoms with Crippen LogP contribution in [0.15, 0.2) is 42.5 Å². The Bertz CT molecular complexity index is 855. The predicted molar refractivity (Wildman–Crippen MR) is 113 cm³/mol. The van der Waals surface area contributed by atoms with Crippen LogP contribution in [0.5, 0.6) is 0 Å². The lowest BCUT2D eigenvalue weighted by Crippen LogP contribution is -2.50. The van der Waals surface area contributed by atoms with Gasteiger partial charge in [0.25, 0.3) is 5.91 Å². The summed E-state index contributed by atoms with van der Waals surface area (Å²) in [7, 11) is 0. The van der Waals surface area contributed by atoms with Gasteiger partial charge in [-0.05, 0) is 55.2 Å². The number of carbonyl (C=O) groups is 2. The lowest BCUT2D eigenvalue weighted by Gasteiger charge is -2.34. The van der Waals surface area contributed by atoms with Gasteiger partial charge in [-0.2, -0.15) is 0 Å². The van der Waals surface area contributed by atoms with Crippen molar-refractivity contribution in [3.05, 3.63) is 64.7 Å². The van der Waals surface area contributed by atoms with Gasteiger partial charge < -0.3 is 10.2 Å². The molecule has 0 aromatic heterocycles. The normalized spacial score (nSPS) is 14.8. The number of hydrogen-bond donors (Lipinski definition) is 1. The first kappa shape index (κ1) is 20.1. The quantitative estimate of drug-likeness (QED) is 0.868. The third-order valence-electron chi connectivity index (χ3n) is 5.45. The van der Waals surface area contributed by atoms with Crippen molar-refractivity contribution in [3.63, 3.8) is 0 Å². The maximum atomic E-state index is 12.7. The number of hydrogen-bond acceptors (Lipinski definition) is 3. The maximum absolute atomic E-state index is 12.7. The summed E-state index contributed by atoms with van der Waals surface area (Å²) in [6.45, 7) is 9.21. The first-order chi connectivity index (χ1) is 13.5. The number of nitrogens with zero attached hydrogens (tertiary/aromatic N) is 2. The number of carbonyl (C=O) groups excluding carboxylic acids is 2. The molecule has 1 heterocycles. The van der Waals surface area contributed by atoms with Gasteiger partial charge in [-0.1, -0.05) is 31.2 Å². The molecule has 0 aliphatic carbocycles. The molecule has 2 amide bonds. The van der Waals surface area contributed by atoms with Crippen LogP contribution in [0.4, 0.5) is 5.69 Å². The number of aryl methyl sites for hydroxylation is 3. The second-order valence-corrected chi connectivity index (χ2v) is 7.43. The van der Waals surface area contributed by atoms with Crippen LogP contribution >= 0.6 is 0 Å². The molecule has 0 radical (unpaired) electrons. The van der Waals surface area contributed by atoms with E-state index in [1.807, 2.05) is 61.2 Å². The standard InChI is InChI=1S/C23H29N3O2/c1-4-19-7-5-6-8-21(19)24-22(27)16-25-11-13-26(14-12-25)23(28)20-10-9-17(2)18(3)15-20/h5-10,15H,4,11-14,16H2,1-3H3,(H,24,27). The van der Waals surface area contributed by atoms with Gasteiger partial charge in [0.1, 0.15) is 0 Å². The zero-order valence-corrected chi connectivity index (χ0v) is 17.0. The summed E-state index contributed by atoms with van der Waals surface area (Å²) in [5, 5.41) is 3.02. The highest BCUT2D eigenvalue weighted by Gasteiger charge is 2.23. The molecule has 0 atom stereocenters. The number of nitrogens with one attached hydrogen (secondary N) is 1. The topological polar surface area (TPSA) is 52.7 Å². The molecule has 5 nitrogen and oxygen atoms in total. The smallest absolute Gasteiger partial charge is 0.253 e. The fraction of sp³-hybridized carbons (Fsp3) is 0.391. The van der Waals surface area contributed by atoms with Crippen LogP contribution in [0.3, 0.4) is 0 Å². The molecule has 148 valence electrons. The first-order valence-electron chi connectivity index (χ1n) is 9.94. The number of anilines is 1. The average molecular weight is 380 g/mol. The van der Waals surface area contributed by atoms with Gasteiger partial charge >= 0.3 is 0 Å². The average Bonchev–Trinajstić information content (AvgIpc) is 2.70. The zero-order valence-electron chi connectivity index (χ0n) is 17.0. The van der Waals surface area contributed by atoms with Crippen LogP contribution in [0.1, 0.15) is 34.0 Å². The van der Waals surface area contributed by atoms with E-state index in [0.717, 1.165) is 28.8 Å².